The summed E-state index contributed by atoms with van der Waals surface area (Å²) in [6.07, 6.45) is -1.67. The molecule has 156 valence electrons. The van der Waals surface area contributed by atoms with Gasteiger partial charge in [0.2, 0.25) is 5.91 Å². The van der Waals surface area contributed by atoms with Crippen molar-refractivity contribution >= 4 is 12.0 Å². The molecule has 0 saturated heterocycles. The maximum absolute atomic E-state index is 12.6. The Morgan fingerprint density at radius 3 is 2.14 bits per heavy atom. The predicted octanol–water partition coefficient (Wildman–Crippen LogP) is 4.20. The van der Waals surface area contributed by atoms with Crippen LogP contribution in [-0.4, -0.2) is 29.7 Å². The van der Waals surface area contributed by atoms with Crippen molar-refractivity contribution in [2.45, 2.75) is 70.2 Å². The van der Waals surface area contributed by atoms with E-state index in [0.717, 1.165) is 37.8 Å². The highest BCUT2D eigenvalue weighted by Gasteiger charge is 2.36. The van der Waals surface area contributed by atoms with E-state index in [1.54, 1.807) is 20.8 Å². The van der Waals surface area contributed by atoms with Crippen LogP contribution in [0.4, 0.5) is 18.0 Å². The second-order valence-electron chi connectivity index (χ2n) is 8.26. The SMILES string of the molecule is CC(C)(C)OC(=O)NCC1(NC(=O)Cc2ccc(C(F)(F)F)cc2)CCCC1. The lowest BCUT2D eigenvalue weighted by Gasteiger charge is -2.31. The molecule has 1 aromatic rings. The van der Waals surface area contributed by atoms with E-state index in [4.69, 9.17) is 4.74 Å². The summed E-state index contributed by atoms with van der Waals surface area (Å²) in [6, 6.07) is 4.56. The Balaban J connectivity index is 1.94. The highest BCUT2D eigenvalue weighted by Crippen LogP contribution is 2.30. The van der Waals surface area contributed by atoms with Gasteiger partial charge in [-0.2, -0.15) is 13.2 Å². The van der Waals surface area contributed by atoms with Crippen LogP contribution in [0, 0.1) is 0 Å². The van der Waals surface area contributed by atoms with Crippen LogP contribution in [0.2, 0.25) is 0 Å². The average molecular weight is 400 g/mol. The molecule has 1 saturated carbocycles. The molecule has 8 heteroatoms. The van der Waals surface area contributed by atoms with Crippen LogP contribution in [0.25, 0.3) is 0 Å². The molecule has 0 aromatic heterocycles. The van der Waals surface area contributed by atoms with E-state index >= 15 is 0 Å². The zero-order valence-corrected chi connectivity index (χ0v) is 16.4. The molecule has 2 N–H and O–H groups in total. The van der Waals surface area contributed by atoms with E-state index in [2.05, 4.69) is 10.6 Å². The van der Waals surface area contributed by atoms with Crippen molar-refractivity contribution in [2.24, 2.45) is 0 Å². The van der Waals surface area contributed by atoms with E-state index in [1.165, 1.54) is 12.1 Å². The molecule has 0 heterocycles. The highest BCUT2D eigenvalue weighted by molar-refractivity contribution is 5.79. The molecule has 1 fully saturated rings. The number of ether oxygens (including phenoxy) is 1. The van der Waals surface area contributed by atoms with Gasteiger partial charge >= 0.3 is 12.3 Å². The first-order valence-corrected chi connectivity index (χ1v) is 9.33. The molecule has 28 heavy (non-hydrogen) atoms. The van der Waals surface area contributed by atoms with Gasteiger partial charge in [-0.1, -0.05) is 25.0 Å². The number of hydrogen-bond donors (Lipinski definition) is 2. The van der Waals surface area contributed by atoms with Gasteiger partial charge < -0.3 is 15.4 Å². The molecule has 0 aliphatic heterocycles. The van der Waals surface area contributed by atoms with Gasteiger partial charge in [-0.15, -0.1) is 0 Å². The molecule has 0 bridgehead atoms. The summed E-state index contributed by atoms with van der Waals surface area (Å²) >= 11 is 0. The van der Waals surface area contributed by atoms with Crippen molar-refractivity contribution < 1.29 is 27.5 Å². The minimum absolute atomic E-state index is 0.0215. The molecule has 0 atom stereocenters. The molecule has 0 unspecified atom stereocenters. The van der Waals surface area contributed by atoms with Crippen molar-refractivity contribution in [1.29, 1.82) is 0 Å². The van der Waals surface area contributed by atoms with E-state index < -0.39 is 29.0 Å². The molecule has 5 nitrogen and oxygen atoms in total. The Kier molecular flexibility index (Phi) is 6.62. The summed E-state index contributed by atoms with van der Waals surface area (Å²) in [5.41, 5.74) is -1.41. The maximum Gasteiger partial charge on any atom is 0.416 e. The number of nitrogens with one attached hydrogen (secondary N) is 2. The van der Waals surface area contributed by atoms with Crippen LogP contribution in [0.5, 0.6) is 0 Å². The van der Waals surface area contributed by atoms with Gasteiger partial charge in [0.1, 0.15) is 5.60 Å². The molecule has 2 rings (SSSR count). The largest absolute Gasteiger partial charge is 0.444 e. The number of hydrogen-bond acceptors (Lipinski definition) is 3. The molecule has 1 aliphatic carbocycles. The number of rotatable bonds is 5. The van der Waals surface area contributed by atoms with Crippen LogP contribution in [0.1, 0.15) is 57.6 Å². The number of benzene rings is 1. The topological polar surface area (TPSA) is 67.4 Å². The normalized spacial score (nSPS) is 16.5. The zero-order chi connectivity index (χ0) is 21.0. The van der Waals surface area contributed by atoms with E-state index in [1.807, 2.05) is 0 Å². The molecular formula is C20H27F3N2O3. The summed E-state index contributed by atoms with van der Waals surface area (Å²) in [4.78, 5) is 24.4. The first-order valence-electron chi connectivity index (χ1n) is 9.33. The third-order valence-electron chi connectivity index (χ3n) is 4.58. The van der Waals surface area contributed by atoms with Crippen molar-refractivity contribution in [3.8, 4) is 0 Å². The number of halogens is 3. The fraction of sp³-hybridized carbons (Fsp3) is 0.600. The second kappa shape index (κ2) is 8.41. The number of alkyl halides is 3. The fourth-order valence-corrected chi connectivity index (χ4v) is 3.29. The minimum Gasteiger partial charge on any atom is -0.444 e. The lowest BCUT2D eigenvalue weighted by Crippen LogP contribution is -2.54. The van der Waals surface area contributed by atoms with Crippen molar-refractivity contribution in [2.75, 3.05) is 6.54 Å². The fourth-order valence-electron chi connectivity index (χ4n) is 3.29. The Labute approximate surface area is 163 Å². The van der Waals surface area contributed by atoms with Gasteiger partial charge in [0.15, 0.2) is 0 Å². The number of carbonyl (C=O) groups excluding carboxylic acids is 2. The van der Waals surface area contributed by atoms with Crippen LogP contribution in [0.15, 0.2) is 24.3 Å². The molecule has 0 spiro atoms. The lowest BCUT2D eigenvalue weighted by atomic mass is 9.96. The Hall–Kier alpha value is -2.25. The van der Waals surface area contributed by atoms with Gasteiger partial charge in [-0.05, 0) is 51.3 Å². The van der Waals surface area contributed by atoms with Gasteiger partial charge in [0.25, 0.3) is 0 Å². The first kappa shape index (κ1) is 22.0. The zero-order valence-electron chi connectivity index (χ0n) is 16.4. The van der Waals surface area contributed by atoms with Gasteiger partial charge in [0, 0.05) is 6.54 Å². The first-order chi connectivity index (χ1) is 12.9. The van der Waals surface area contributed by atoms with E-state index in [9.17, 15) is 22.8 Å². The Bertz CT molecular complexity index is 688. The summed E-state index contributed by atoms with van der Waals surface area (Å²) in [7, 11) is 0. The Morgan fingerprint density at radius 2 is 1.64 bits per heavy atom. The summed E-state index contributed by atoms with van der Waals surface area (Å²) in [5.74, 6) is -0.285. The van der Waals surface area contributed by atoms with Gasteiger partial charge in [-0.3, -0.25) is 4.79 Å². The Morgan fingerprint density at radius 1 is 1.07 bits per heavy atom. The average Bonchev–Trinajstić information content (AvgIpc) is 3.00. The third-order valence-corrected chi connectivity index (χ3v) is 4.58. The molecule has 2 amide bonds. The summed E-state index contributed by atoms with van der Waals surface area (Å²) < 4.78 is 43.1. The van der Waals surface area contributed by atoms with Crippen LogP contribution in [-0.2, 0) is 22.1 Å². The monoisotopic (exact) mass is 400 g/mol. The minimum atomic E-state index is -4.40. The summed E-state index contributed by atoms with van der Waals surface area (Å²) in [6.45, 7) is 5.55. The number of carbonyl (C=O) groups is 2. The number of alkyl carbamates (subject to hydrolysis) is 1. The van der Waals surface area contributed by atoms with Crippen molar-refractivity contribution in [3.05, 3.63) is 35.4 Å². The van der Waals surface area contributed by atoms with Crippen molar-refractivity contribution in [1.82, 2.24) is 10.6 Å². The quantitative estimate of drug-likeness (QED) is 0.778. The second-order valence-corrected chi connectivity index (χ2v) is 8.26. The third kappa shape index (κ3) is 6.73. The lowest BCUT2D eigenvalue weighted by molar-refractivity contribution is -0.137. The van der Waals surface area contributed by atoms with Gasteiger partial charge in [-0.25, -0.2) is 4.79 Å². The molecule has 1 aliphatic rings. The van der Waals surface area contributed by atoms with Crippen LogP contribution >= 0.6 is 0 Å². The number of amides is 2. The highest BCUT2D eigenvalue weighted by atomic mass is 19.4. The van der Waals surface area contributed by atoms with Gasteiger partial charge in [0.05, 0.1) is 17.5 Å². The van der Waals surface area contributed by atoms with Crippen LogP contribution < -0.4 is 10.6 Å². The molecule has 0 radical (unpaired) electrons. The standard InChI is InChI=1S/C20H27F3N2O3/c1-18(2,3)28-17(27)24-13-19(10-4-5-11-19)25-16(26)12-14-6-8-15(9-7-14)20(21,22)23/h6-9H,4-5,10-13H2,1-3H3,(H,24,27)(H,25,26). The molecule has 1 aromatic carbocycles. The summed E-state index contributed by atoms with van der Waals surface area (Å²) in [5, 5.41) is 5.69. The smallest absolute Gasteiger partial charge is 0.416 e. The van der Waals surface area contributed by atoms with E-state index in [0.29, 0.717) is 5.56 Å². The van der Waals surface area contributed by atoms with E-state index in [-0.39, 0.29) is 18.9 Å². The van der Waals surface area contributed by atoms with Crippen LogP contribution in [0.3, 0.4) is 0 Å². The maximum atomic E-state index is 12.6. The van der Waals surface area contributed by atoms with Crippen molar-refractivity contribution in [3.63, 3.8) is 0 Å². The predicted molar refractivity (Wildman–Crippen MR) is 98.7 cm³/mol. The molecular weight excluding hydrogens is 373 g/mol.